The van der Waals surface area contributed by atoms with E-state index >= 15 is 0 Å². The molecule has 3 rings (SSSR count). The molecule has 0 radical (unpaired) electrons. The molecule has 0 amide bonds. The predicted octanol–water partition coefficient (Wildman–Crippen LogP) is 3.28. The number of carbonyl (C=O) groups is 1. The number of hydrogen-bond acceptors (Lipinski definition) is 4. The third-order valence-corrected chi connectivity index (χ3v) is 7.25. The van der Waals surface area contributed by atoms with Crippen molar-refractivity contribution in [3.05, 3.63) is 59.7 Å². The summed E-state index contributed by atoms with van der Waals surface area (Å²) in [6.45, 7) is 6.46. The first kappa shape index (κ1) is 20.7. The van der Waals surface area contributed by atoms with Gasteiger partial charge < -0.3 is 4.90 Å². The Labute approximate surface area is 167 Å². The molecule has 1 aliphatic heterocycles. The van der Waals surface area contributed by atoms with Crippen molar-refractivity contribution in [3.63, 3.8) is 0 Å². The van der Waals surface area contributed by atoms with Crippen LogP contribution in [-0.4, -0.2) is 50.5 Å². The minimum atomic E-state index is -3.32. The second kappa shape index (κ2) is 8.15. The number of carbonyl (C=O) groups excluding carboxylic acids is 1. The fourth-order valence-corrected chi connectivity index (χ4v) is 4.58. The van der Waals surface area contributed by atoms with Crippen LogP contribution in [0.3, 0.4) is 0 Å². The summed E-state index contributed by atoms with van der Waals surface area (Å²) < 4.78 is 27.6. The zero-order valence-corrected chi connectivity index (χ0v) is 17.7. The van der Waals surface area contributed by atoms with E-state index in [9.17, 15) is 13.2 Å². The van der Waals surface area contributed by atoms with Gasteiger partial charge in [-0.05, 0) is 50.6 Å². The molecule has 0 bridgehead atoms. The maximum atomic E-state index is 12.3. The summed E-state index contributed by atoms with van der Waals surface area (Å²) in [4.78, 5) is 13.8. The lowest BCUT2D eigenvalue weighted by Gasteiger charge is -2.22. The van der Waals surface area contributed by atoms with Gasteiger partial charge >= 0.3 is 0 Å². The molecular weight excluding hydrogens is 372 g/mol. The van der Waals surface area contributed by atoms with Crippen molar-refractivity contribution in [2.24, 2.45) is 0 Å². The number of likely N-dealkylation sites (N-methyl/N-ethyl adjacent to an activating group) is 1. The molecule has 1 saturated heterocycles. The highest BCUT2D eigenvalue weighted by Gasteiger charge is 2.35. The Morgan fingerprint density at radius 1 is 1.07 bits per heavy atom. The van der Waals surface area contributed by atoms with E-state index in [1.807, 2.05) is 43.4 Å². The van der Waals surface area contributed by atoms with Gasteiger partial charge in [-0.15, -0.1) is 0 Å². The predicted molar refractivity (Wildman–Crippen MR) is 113 cm³/mol. The van der Waals surface area contributed by atoms with Crippen molar-refractivity contribution >= 4 is 15.8 Å². The summed E-state index contributed by atoms with van der Waals surface area (Å²) in [5.74, 6) is 0.156. The second-order valence-corrected chi connectivity index (χ2v) is 10.2. The molecule has 0 spiro atoms. The Hall–Kier alpha value is -2.02. The first-order valence-corrected chi connectivity index (χ1v) is 11.1. The van der Waals surface area contributed by atoms with Gasteiger partial charge in [0.1, 0.15) is 0 Å². The van der Waals surface area contributed by atoms with E-state index in [1.165, 1.54) is 0 Å². The molecule has 1 fully saturated rings. The lowest BCUT2D eigenvalue weighted by molar-refractivity contribution is 0.101. The molecular formula is C22H28N2O3S. The third kappa shape index (κ3) is 4.51. The second-order valence-electron chi connectivity index (χ2n) is 7.90. The zero-order chi connectivity index (χ0) is 20.5. The minimum Gasteiger partial charge on any atom is -0.304 e. The van der Waals surface area contributed by atoms with Crippen LogP contribution in [0.15, 0.2) is 48.5 Å². The van der Waals surface area contributed by atoms with E-state index in [-0.39, 0.29) is 17.7 Å². The Morgan fingerprint density at radius 3 is 2.36 bits per heavy atom. The zero-order valence-electron chi connectivity index (χ0n) is 16.8. The highest BCUT2D eigenvalue weighted by Crippen LogP contribution is 2.30. The van der Waals surface area contributed by atoms with Gasteiger partial charge in [0.2, 0.25) is 10.0 Å². The first-order valence-electron chi connectivity index (χ1n) is 9.58. The first-order chi connectivity index (χ1) is 13.2. The topological polar surface area (TPSA) is 66.5 Å². The molecule has 2 atom stereocenters. The smallest absolute Gasteiger partial charge is 0.214 e. The average molecular weight is 401 g/mol. The van der Waals surface area contributed by atoms with Gasteiger partial charge in [0, 0.05) is 30.6 Å². The van der Waals surface area contributed by atoms with Crippen LogP contribution >= 0.6 is 0 Å². The molecule has 1 N–H and O–H groups in total. The normalized spacial score (nSPS) is 20.6. The molecule has 0 saturated carbocycles. The summed E-state index contributed by atoms with van der Waals surface area (Å²) in [5.41, 5.74) is 3.85. The summed E-state index contributed by atoms with van der Waals surface area (Å²) in [6.07, 6.45) is 0. The quantitative estimate of drug-likeness (QED) is 0.756. The van der Waals surface area contributed by atoms with Crippen LogP contribution in [0, 0.1) is 0 Å². The molecule has 2 aromatic rings. The van der Waals surface area contributed by atoms with Crippen molar-refractivity contribution < 1.29 is 13.2 Å². The number of sulfonamides is 1. The van der Waals surface area contributed by atoms with E-state index in [4.69, 9.17) is 0 Å². The molecule has 28 heavy (non-hydrogen) atoms. The number of nitrogens with zero attached hydrogens (tertiary/aromatic N) is 1. The summed E-state index contributed by atoms with van der Waals surface area (Å²) in [7, 11) is -1.31. The van der Waals surface area contributed by atoms with Gasteiger partial charge in [0.25, 0.3) is 0 Å². The minimum absolute atomic E-state index is 0.0488. The van der Waals surface area contributed by atoms with Gasteiger partial charge in [-0.25, -0.2) is 13.1 Å². The molecule has 1 heterocycles. The van der Waals surface area contributed by atoms with Gasteiger partial charge in [0.05, 0.1) is 5.25 Å². The third-order valence-electron chi connectivity index (χ3n) is 5.38. The van der Waals surface area contributed by atoms with Gasteiger partial charge in [-0.1, -0.05) is 42.5 Å². The van der Waals surface area contributed by atoms with Crippen molar-refractivity contribution in [2.75, 3.05) is 20.1 Å². The van der Waals surface area contributed by atoms with Crippen LogP contribution in [0.1, 0.15) is 42.6 Å². The number of likely N-dealkylation sites (tertiary alicyclic amines) is 1. The molecule has 0 aromatic heterocycles. The molecule has 0 aliphatic carbocycles. The molecule has 2 aromatic carbocycles. The number of ketones is 1. The van der Waals surface area contributed by atoms with E-state index < -0.39 is 15.3 Å². The lowest BCUT2D eigenvalue weighted by Crippen LogP contribution is -2.42. The lowest BCUT2D eigenvalue weighted by atomic mass is 9.92. The van der Waals surface area contributed by atoms with E-state index in [2.05, 4.69) is 21.8 Å². The van der Waals surface area contributed by atoms with Crippen molar-refractivity contribution in [1.82, 2.24) is 9.62 Å². The largest absolute Gasteiger partial charge is 0.304 e. The maximum Gasteiger partial charge on any atom is 0.214 e. The van der Waals surface area contributed by atoms with Crippen LogP contribution in [0.25, 0.3) is 11.1 Å². The molecule has 150 valence electrons. The van der Waals surface area contributed by atoms with E-state index in [1.54, 1.807) is 20.8 Å². The molecule has 6 heteroatoms. The van der Waals surface area contributed by atoms with Crippen LogP contribution < -0.4 is 4.72 Å². The maximum absolute atomic E-state index is 12.3. The Balaban J connectivity index is 1.83. The molecule has 0 unspecified atom stereocenters. The van der Waals surface area contributed by atoms with E-state index in [0.29, 0.717) is 12.1 Å². The molecule has 1 aliphatic rings. The van der Waals surface area contributed by atoms with Crippen LogP contribution in [0.4, 0.5) is 0 Å². The standard InChI is InChI=1S/C22H28N2O3S/c1-15(2)28(26,27)23-22-14-24(4)13-21(22)18-10-8-17(9-11-18)20-7-5-6-19(12-20)16(3)25/h5-12,15,21-23H,13-14H2,1-4H3/t21-,22+/m1/s1. The van der Waals surface area contributed by atoms with Crippen molar-refractivity contribution in [2.45, 2.75) is 38.0 Å². The van der Waals surface area contributed by atoms with Gasteiger partial charge in [0.15, 0.2) is 5.78 Å². The summed E-state index contributed by atoms with van der Waals surface area (Å²) in [5, 5.41) is -0.449. The highest BCUT2D eigenvalue weighted by atomic mass is 32.2. The Bertz CT molecular complexity index is 952. The molecule has 5 nitrogen and oxygen atoms in total. The fourth-order valence-electron chi connectivity index (χ4n) is 3.65. The summed E-state index contributed by atoms with van der Waals surface area (Å²) in [6, 6.07) is 15.7. The van der Waals surface area contributed by atoms with Crippen LogP contribution in [0.5, 0.6) is 0 Å². The van der Waals surface area contributed by atoms with Crippen LogP contribution in [0.2, 0.25) is 0 Å². The fraction of sp³-hybridized carbons (Fsp3) is 0.409. The van der Waals surface area contributed by atoms with Gasteiger partial charge in [-0.3, -0.25) is 4.79 Å². The number of nitrogens with one attached hydrogen (secondary N) is 1. The highest BCUT2D eigenvalue weighted by molar-refractivity contribution is 7.90. The van der Waals surface area contributed by atoms with Crippen molar-refractivity contribution in [3.8, 4) is 11.1 Å². The number of hydrogen-bond donors (Lipinski definition) is 1. The van der Waals surface area contributed by atoms with E-state index in [0.717, 1.165) is 23.2 Å². The number of benzene rings is 2. The van der Waals surface area contributed by atoms with Crippen molar-refractivity contribution in [1.29, 1.82) is 0 Å². The summed E-state index contributed by atoms with van der Waals surface area (Å²) >= 11 is 0. The Morgan fingerprint density at radius 2 is 1.75 bits per heavy atom. The number of Topliss-reactive ketones (excluding diaryl/α,β-unsaturated/α-hetero) is 1. The Kier molecular flexibility index (Phi) is 6.03. The van der Waals surface area contributed by atoms with Gasteiger partial charge in [-0.2, -0.15) is 0 Å². The average Bonchev–Trinajstić information content (AvgIpc) is 3.01. The SMILES string of the molecule is CC(=O)c1cccc(-c2ccc([C@H]3CN(C)C[C@@H]3NS(=O)(=O)C(C)C)cc2)c1. The number of rotatable bonds is 6. The van der Waals surface area contributed by atoms with Crippen LogP contribution in [-0.2, 0) is 10.0 Å². The monoisotopic (exact) mass is 400 g/mol.